The van der Waals surface area contributed by atoms with Gasteiger partial charge in [0.25, 0.3) is 11.5 Å². The van der Waals surface area contributed by atoms with E-state index in [9.17, 15) is 9.59 Å². The van der Waals surface area contributed by atoms with Gasteiger partial charge in [-0.15, -0.1) is 0 Å². The van der Waals surface area contributed by atoms with Crippen LogP contribution in [0.2, 0.25) is 0 Å². The summed E-state index contributed by atoms with van der Waals surface area (Å²) in [5.74, 6) is 0.465. The lowest BCUT2D eigenvalue weighted by Crippen LogP contribution is -2.36. The minimum atomic E-state index is -0.178. The number of hydrogen-bond donors (Lipinski definition) is 0. The predicted octanol–water partition coefficient (Wildman–Crippen LogP) is 3.84. The van der Waals surface area contributed by atoms with Crippen molar-refractivity contribution in [1.29, 1.82) is 0 Å². The first-order valence-corrected chi connectivity index (χ1v) is 12.9. The Bertz CT molecular complexity index is 1170. The number of hydrogen-bond acceptors (Lipinski definition) is 7. The SMILES string of the molecule is CN(c1nc2ccccn2c(=O)c1/C=C1\SC(=S)N(C[C@H]2CCCO2)C1=O)C1CCCCC1. The lowest BCUT2D eigenvalue weighted by atomic mass is 9.94. The normalized spacial score (nSPS) is 23.2. The number of thiocarbonyl (C=S) groups is 1. The first-order chi connectivity index (χ1) is 16.0. The highest BCUT2D eigenvalue weighted by Gasteiger charge is 2.35. The zero-order valence-electron chi connectivity index (χ0n) is 18.7. The minimum Gasteiger partial charge on any atom is -0.376 e. The largest absolute Gasteiger partial charge is 0.376 e. The molecule has 0 radical (unpaired) electrons. The van der Waals surface area contributed by atoms with Gasteiger partial charge in [0.05, 0.1) is 23.1 Å². The van der Waals surface area contributed by atoms with Gasteiger partial charge in [-0.1, -0.05) is 49.3 Å². The van der Waals surface area contributed by atoms with Crippen molar-refractivity contribution in [1.82, 2.24) is 14.3 Å². The third-order valence-corrected chi connectivity index (χ3v) is 8.14. The second-order valence-corrected chi connectivity index (χ2v) is 10.6. The lowest BCUT2D eigenvalue weighted by molar-refractivity contribution is -0.123. The van der Waals surface area contributed by atoms with Gasteiger partial charge in [0, 0.05) is 25.9 Å². The number of aromatic nitrogens is 2. The van der Waals surface area contributed by atoms with E-state index in [4.69, 9.17) is 21.9 Å². The molecule has 3 aliphatic rings. The van der Waals surface area contributed by atoms with E-state index < -0.39 is 0 Å². The quantitative estimate of drug-likeness (QED) is 0.472. The topological polar surface area (TPSA) is 67.2 Å². The molecular weight excluding hydrogens is 456 g/mol. The third kappa shape index (κ3) is 4.46. The van der Waals surface area contributed by atoms with Crippen molar-refractivity contribution in [2.24, 2.45) is 0 Å². The monoisotopic (exact) mass is 484 g/mol. The molecule has 2 aromatic heterocycles. The Kier molecular flexibility index (Phi) is 6.53. The molecule has 0 aromatic carbocycles. The predicted molar refractivity (Wildman–Crippen MR) is 136 cm³/mol. The highest BCUT2D eigenvalue weighted by atomic mass is 32.2. The van der Waals surface area contributed by atoms with E-state index in [0.29, 0.717) is 38.8 Å². The van der Waals surface area contributed by atoms with Gasteiger partial charge in [-0.2, -0.15) is 0 Å². The maximum Gasteiger partial charge on any atom is 0.267 e. The molecule has 0 bridgehead atoms. The summed E-state index contributed by atoms with van der Waals surface area (Å²) >= 11 is 6.75. The van der Waals surface area contributed by atoms with E-state index in [-0.39, 0.29) is 17.6 Å². The third-order valence-electron chi connectivity index (χ3n) is 6.76. The van der Waals surface area contributed by atoms with E-state index in [1.165, 1.54) is 35.4 Å². The van der Waals surface area contributed by atoms with Crippen molar-refractivity contribution in [2.75, 3.05) is 25.1 Å². The smallest absolute Gasteiger partial charge is 0.267 e. The number of thioether (sulfide) groups is 1. The van der Waals surface area contributed by atoms with Crippen LogP contribution in [0, 0.1) is 0 Å². The summed E-state index contributed by atoms with van der Waals surface area (Å²) in [6.45, 7) is 1.19. The minimum absolute atomic E-state index is 0.0211. The molecule has 0 unspecified atom stereocenters. The van der Waals surface area contributed by atoms with Gasteiger partial charge >= 0.3 is 0 Å². The van der Waals surface area contributed by atoms with Crippen LogP contribution in [0.1, 0.15) is 50.5 Å². The van der Waals surface area contributed by atoms with Crippen LogP contribution in [0.5, 0.6) is 0 Å². The maximum absolute atomic E-state index is 13.5. The van der Waals surface area contributed by atoms with Crippen molar-refractivity contribution >= 4 is 51.7 Å². The number of fused-ring (bicyclic) bond motifs is 1. The Morgan fingerprint density at radius 3 is 2.79 bits per heavy atom. The number of pyridine rings is 1. The average Bonchev–Trinajstić information content (AvgIpc) is 3.45. The first kappa shape index (κ1) is 22.6. The fourth-order valence-corrected chi connectivity index (χ4v) is 6.16. The Morgan fingerprint density at radius 1 is 1.21 bits per heavy atom. The van der Waals surface area contributed by atoms with Gasteiger partial charge in [0.2, 0.25) is 0 Å². The summed E-state index contributed by atoms with van der Waals surface area (Å²) in [7, 11) is 2.01. The van der Waals surface area contributed by atoms with Crippen molar-refractivity contribution in [3.63, 3.8) is 0 Å². The van der Waals surface area contributed by atoms with Gasteiger partial charge in [0.1, 0.15) is 15.8 Å². The van der Waals surface area contributed by atoms with Crippen LogP contribution in [0.15, 0.2) is 34.1 Å². The molecule has 1 atom stereocenters. The number of carbonyl (C=O) groups is 1. The number of ether oxygens (including phenoxy) is 1. The summed E-state index contributed by atoms with van der Waals surface area (Å²) in [5.41, 5.74) is 0.857. The highest BCUT2D eigenvalue weighted by Crippen LogP contribution is 2.35. The van der Waals surface area contributed by atoms with E-state index in [1.807, 2.05) is 25.2 Å². The highest BCUT2D eigenvalue weighted by molar-refractivity contribution is 8.26. The number of amides is 1. The van der Waals surface area contributed by atoms with Crippen molar-refractivity contribution in [2.45, 2.75) is 57.1 Å². The molecule has 2 aromatic rings. The van der Waals surface area contributed by atoms with Crippen LogP contribution in [0.3, 0.4) is 0 Å². The maximum atomic E-state index is 13.5. The summed E-state index contributed by atoms with van der Waals surface area (Å²) in [5, 5.41) is 0. The van der Waals surface area contributed by atoms with Gasteiger partial charge < -0.3 is 9.64 Å². The van der Waals surface area contributed by atoms with Gasteiger partial charge in [-0.25, -0.2) is 4.98 Å². The van der Waals surface area contributed by atoms with Crippen LogP contribution in [-0.4, -0.2) is 56.9 Å². The number of nitrogens with zero attached hydrogens (tertiary/aromatic N) is 4. The zero-order chi connectivity index (χ0) is 22.9. The van der Waals surface area contributed by atoms with Gasteiger partial charge in [0.15, 0.2) is 0 Å². The Balaban J connectivity index is 1.54. The van der Waals surface area contributed by atoms with E-state index >= 15 is 0 Å². The van der Waals surface area contributed by atoms with E-state index in [1.54, 1.807) is 17.2 Å². The second-order valence-electron chi connectivity index (χ2n) is 8.91. The molecular formula is C24H28N4O3S2. The summed E-state index contributed by atoms with van der Waals surface area (Å²) in [6, 6.07) is 5.86. The molecule has 1 aliphatic carbocycles. The van der Waals surface area contributed by atoms with Crippen LogP contribution < -0.4 is 10.5 Å². The molecule has 2 aliphatic heterocycles. The molecule has 0 spiro atoms. The first-order valence-electron chi connectivity index (χ1n) is 11.6. The molecule has 33 heavy (non-hydrogen) atoms. The summed E-state index contributed by atoms with van der Waals surface area (Å²) < 4.78 is 7.75. The van der Waals surface area contributed by atoms with Crippen molar-refractivity contribution in [3.05, 3.63) is 45.2 Å². The molecule has 5 rings (SSSR count). The van der Waals surface area contributed by atoms with Crippen molar-refractivity contribution in [3.8, 4) is 0 Å². The summed E-state index contributed by atoms with van der Waals surface area (Å²) in [6.07, 6.45) is 11.1. The van der Waals surface area contributed by atoms with Crippen LogP contribution >= 0.6 is 24.0 Å². The fourth-order valence-electron chi connectivity index (χ4n) is 4.91. The summed E-state index contributed by atoms with van der Waals surface area (Å²) in [4.78, 5) is 35.8. The Labute approximate surface area is 202 Å². The average molecular weight is 485 g/mol. The molecule has 0 N–H and O–H groups in total. The van der Waals surface area contributed by atoms with Crippen molar-refractivity contribution < 1.29 is 9.53 Å². The fraction of sp³-hybridized carbons (Fsp3) is 0.500. The molecule has 4 heterocycles. The Morgan fingerprint density at radius 2 is 2.03 bits per heavy atom. The van der Waals surface area contributed by atoms with E-state index in [0.717, 1.165) is 32.3 Å². The van der Waals surface area contributed by atoms with Crippen LogP contribution in [0.25, 0.3) is 11.7 Å². The number of carbonyl (C=O) groups excluding carboxylic acids is 1. The van der Waals surface area contributed by atoms with Crippen LogP contribution in [-0.2, 0) is 9.53 Å². The van der Waals surface area contributed by atoms with Crippen LogP contribution in [0.4, 0.5) is 5.82 Å². The molecule has 7 nitrogen and oxygen atoms in total. The molecule has 1 amide bonds. The molecule has 3 fully saturated rings. The number of anilines is 1. The van der Waals surface area contributed by atoms with E-state index in [2.05, 4.69) is 4.90 Å². The molecule has 9 heteroatoms. The molecule has 1 saturated carbocycles. The molecule has 2 saturated heterocycles. The molecule has 174 valence electrons. The second kappa shape index (κ2) is 9.56. The lowest BCUT2D eigenvalue weighted by Gasteiger charge is -2.33. The van der Waals surface area contributed by atoms with Gasteiger partial charge in [-0.05, 0) is 43.9 Å². The van der Waals surface area contributed by atoms with Gasteiger partial charge in [-0.3, -0.25) is 18.9 Å². The Hall–Kier alpha value is -2.23. The number of rotatable bonds is 5. The zero-order valence-corrected chi connectivity index (χ0v) is 20.4. The standard InChI is InChI=1S/C24H28N4O3S2/c1-26(16-8-3-2-4-9-16)21-18(22(29)27-12-6-5-11-20(27)25-21)14-19-23(30)28(24(32)33-19)15-17-10-7-13-31-17/h5-6,11-12,14,16-17H,2-4,7-10,13,15H2,1H3/b19-14-/t17-/m1/s1.